The second kappa shape index (κ2) is 4.30. The number of H-pyrrole nitrogens is 2. The lowest BCUT2D eigenvalue weighted by Gasteiger charge is -1.98. The molecule has 0 saturated carbocycles. The molecular weight excluding hydrogens is 290 g/mol. The first-order chi connectivity index (χ1) is 11.3. The van der Waals surface area contributed by atoms with Gasteiger partial charge in [-0.3, -0.25) is 4.79 Å². The summed E-state index contributed by atoms with van der Waals surface area (Å²) < 4.78 is 1.76. The van der Waals surface area contributed by atoms with Gasteiger partial charge in [-0.1, -0.05) is 48.5 Å². The van der Waals surface area contributed by atoms with E-state index >= 15 is 0 Å². The number of hydrogen-bond donors (Lipinski definition) is 2. The number of nitrogens with zero attached hydrogens (tertiary/aromatic N) is 3. The lowest BCUT2D eigenvalue weighted by molar-refractivity contribution is 0.876. The quantitative estimate of drug-likeness (QED) is 0.499. The Morgan fingerprint density at radius 2 is 1.74 bits per heavy atom. The van der Waals surface area contributed by atoms with Crippen LogP contribution in [0.1, 0.15) is 0 Å². The minimum atomic E-state index is -0.283. The Morgan fingerprint density at radius 1 is 0.957 bits per heavy atom. The largest absolute Gasteiger partial charge is 0.349 e. The Labute approximate surface area is 129 Å². The molecule has 110 valence electrons. The predicted octanol–water partition coefficient (Wildman–Crippen LogP) is 2.72. The normalized spacial score (nSPS) is 11.7. The number of nitrogens with one attached hydrogen (secondary N) is 2. The third-order valence-corrected chi connectivity index (χ3v) is 4.06. The van der Waals surface area contributed by atoms with Crippen molar-refractivity contribution in [2.45, 2.75) is 0 Å². The lowest BCUT2D eigenvalue weighted by Crippen LogP contribution is -2.09. The maximum Gasteiger partial charge on any atom is 0.297 e. The Bertz CT molecular complexity index is 1230. The molecule has 6 nitrogen and oxygen atoms in total. The molecule has 0 amide bonds. The first kappa shape index (κ1) is 12.2. The zero-order valence-electron chi connectivity index (χ0n) is 11.9. The van der Waals surface area contributed by atoms with Crippen LogP contribution < -0.4 is 5.56 Å². The third kappa shape index (κ3) is 1.60. The summed E-state index contributed by atoms with van der Waals surface area (Å²) in [6, 6.07) is 17.5. The molecule has 2 N–H and O–H groups in total. The molecule has 3 heterocycles. The van der Waals surface area contributed by atoms with Crippen LogP contribution in [0.3, 0.4) is 0 Å². The molecule has 0 unspecified atom stereocenters. The van der Waals surface area contributed by atoms with Gasteiger partial charge in [-0.25, -0.2) is 9.73 Å². The van der Waals surface area contributed by atoms with Crippen LogP contribution in [0.5, 0.6) is 0 Å². The highest BCUT2D eigenvalue weighted by Gasteiger charge is 2.16. The zero-order valence-corrected chi connectivity index (χ0v) is 11.9. The summed E-state index contributed by atoms with van der Waals surface area (Å²) in [7, 11) is 0. The van der Waals surface area contributed by atoms with E-state index in [2.05, 4.69) is 20.3 Å². The fourth-order valence-corrected chi connectivity index (χ4v) is 3.02. The van der Waals surface area contributed by atoms with Crippen LogP contribution in [0.15, 0.2) is 59.4 Å². The van der Waals surface area contributed by atoms with E-state index in [0.717, 1.165) is 22.0 Å². The third-order valence-electron chi connectivity index (χ3n) is 4.06. The van der Waals surface area contributed by atoms with Gasteiger partial charge in [0.15, 0.2) is 5.65 Å². The summed E-state index contributed by atoms with van der Waals surface area (Å²) in [6.45, 7) is 0. The number of hydrogen-bond acceptors (Lipinski definition) is 3. The topological polar surface area (TPSA) is 78.8 Å². The molecule has 5 rings (SSSR count). The zero-order chi connectivity index (χ0) is 15.4. The van der Waals surface area contributed by atoms with E-state index in [1.54, 1.807) is 4.52 Å². The monoisotopic (exact) mass is 301 g/mol. The van der Waals surface area contributed by atoms with Crippen LogP contribution in [-0.4, -0.2) is 24.8 Å². The molecule has 0 radical (unpaired) electrons. The van der Waals surface area contributed by atoms with Gasteiger partial charge < -0.3 is 4.98 Å². The van der Waals surface area contributed by atoms with Gasteiger partial charge in [0.05, 0.1) is 0 Å². The van der Waals surface area contributed by atoms with Crippen molar-refractivity contribution in [1.82, 2.24) is 24.8 Å². The number of aromatic nitrogens is 5. The van der Waals surface area contributed by atoms with Crippen LogP contribution in [0.4, 0.5) is 0 Å². The van der Waals surface area contributed by atoms with Crippen LogP contribution in [0.2, 0.25) is 0 Å². The van der Waals surface area contributed by atoms with Crippen LogP contribution in [-0.2, 0) is 0 Å². The van der Waals surface area contributed by atoms with Crippen molar-refractivity contribution in [2.24, 2.45) is 0 Å². The van der Waals surface area contributed by atoms with Crippen molar-refractivity contribution in [1.29, 1.82) is 0 Å². The molecule has 2 aromatic carbocycles. The highest BCUT2D eigenvalue weighted by atomic mass is 16.1. The molecule has 23 heavy (non-hydrogen) atoms. The number of fused-ring (bicyclic) bond motifs is 5. The van der Waals surface area contributed by atoms with Crippen molar-refractivity contribution in [3.05, 3.63) is 65.0 Å². The molecule has 3 aromatic heterocycles. The van der Waals surface area contributed by atoms with E-state index in [0.29, 0.717) is 16.9 Å². The summed E-state index contributed by atoms with van der Waals surface area (Å²) in [5.41, 5.74) is 3.97. The SMILES string of the molecule is O=c1nc2c(-c3ccccc3)n[nH]n2c2c1[nH]c1ccccc12. The molecule has 0 aliphatic carbocycles. The molecule has 0 bridgehead atoms. The fourth-order valence-electron chi connectivity index (χ4n) is 3.02. The number of benzene rings is 2. The molecule has 0 spiro atoms. The molecule has 0 fully saturated rings. The lowest BCUT2D eigenvalue weighted by atomic mass is 10.1. The van der Waals surface area contributed by atoms with E-state index in [1.165, 1.54) is 0 Å². The number of para-hydroxylation sites is 1. The molecule has 0 atom stereocenters. The minimum Gasteiger partial charge on any atom is -0.349 e. The standard InChI is InChI=1S/C17H11N5O/c23-17-14-15(11-8-4-5-9-12(11)18-14)22-16(19-17)13(20-21-22)10-6-2-1-3-7-10/h1-9,18,21H. The number of rotatable bonds is 1. The van der Waals surface area contributed by atoms with Gasteiger partial charge in [-0.2, -0.15) is 10.1 Å². The van der Waals surface area contributed by atoms with Crippen molar-refractivity contribution in [3.8, 4) is 11.3 Å². The van der Waals surface area contributed by atoms with Gasteiger partial charge in [0.25, 0.3) is 5.56 Å². The maximum absolute atomic E-state index is 12.4. The second-order valence-electron chi connectivity index (χ2n) is 5.40. The average molecular weight is 301 g/mol. The Morgan fingerprint density at radius 3 is 2.61 bits per heavy atom. The van der Waals surface area contributed by atoms with Crippen LogP contribution in [0, 0.1) is 0 Å². The highest BCUT2D eigenvalue weighted by Crippen LogP contribution is 2.26. The molecule has 0 aliphatic heterocycles. The van der Waals surface area contributed by atoms with E-state index in [-0.39, 0.29) is 5.56 Å². The second-order valence-corrected chi connectivity index (χ2v) is 5.40. The molecule has 5 aromatic rings. The maximum atomic E-state index is 12.4. The first-order valence-corrected chi connectivity index (χ1v) is 7.26. The van der Waals surface area contributed by atoms with Crippen molar-refractivity contribution < 1.29 is 0 Å². The summed E-state index contributed by atoms with van der Waals surface area (Å²) in [5.74, 6) is 0. The predicted molar refractivity (Wildman–Crippen MR) is 88.4 cm³/mol. The smallest absolute Gasteiger partial charge is 0.297 e. The van der Waals surface area contributed by atoms with Crippen LogP contribution in [0.25, 0.3) is 38.8 Å². The molecule has 6 heteroatoms. The van der Waals surface area contributed by atoms with Gasteiger partial charge >= 0.3 is 0 Å². The van der Waals surface area contributed by atoms with E-state index in [1.807, 2.05) is 54.6 Å². The summed E-state index contributed by atoms with van der Waals surface area (Å²) >= 11 is 0. The summed E-state index contributed by atoms with van der Waals surface area (Å²) in [6.07, 6.45) is 0. The van der Waals surface area contributed by atoms with Crippen molar-refractivity contribution in [2.75, 3.05) is 0 Å². The molecular formula is C17H11N5O. The van der Waals surface area contributed by atoms with Gasteiger partial charge in [0.1, 0.15) is 16.7 Å². The Kier molecular flexibility index (Phi) is 2.27. The van der Waals surface area contributed by atoms with Gasteiger partial charge in [-0.15, -0.1) is 0 Å². The van der Waals surface area contributed by atoms with Gasteiger partial charge in [0.2, 0.25) is 0 Å². The van der Waals surface area contributed by atoms with E-state index in [4.69, 9.17) is 0 Å². The Balaban J connectivity index is 1.99. The van der Waals surface area contributed by atoms with E-state index < -0.39 is 0 Å². The van der Waals surface area contributed by atoms with Gasteiger partial charge in [-0.05, 0) is 6.07 Å². The van der Waals surface area contributed by atoms with Crippen molar-refractivity contribution >= 4 is 27.6 Å². The first-order valence-electron chi connectivity index (χ1n) is 7.26. The summed E-state index contributed by atoms with van der Waals surface area (Å²) in [5, 5.41) is 8.30. The molecule has 0 aliphatic rings. The fraction of sp³-hybridized carbons (Fsp3) is 0. The highest BCUT2D eigenvalue weighted by molar-refractivity contribution is 6.05. The average Bonchev–Trinajstić information content (AvgIpc) is 3.17. The molecule has 0 saturated heterocycles. The van der Waals surface area contributed by atoms with Crippen LogP contribution >= 0.6 is 0 Å². The van der Waals surface area contributed by atoms with Crippen molar-refractivity contribution in [3.63, 3.8) is 0 Å². The Hall–Kier alpha value is -3.41. The number of aromatic amines is 2. The van der Waals surface area contributed by atoms with E-state index in [9.17, 15) is 4.79 Å². The van der Waals surface area contributed by atoms with Gasteiger partial charge in [0, 0.05) is 16.5 Å². The minimum absolute atomic E-state index is 0.283. The summed E-state index contributed by atoms with van der Waals surface area (Å²) in [4.78, 5) is 19.8.